The summed E-state index contributed by atoms with van der Waals surface area (Å²) >= 11 is 0. The first kappa shape index (κ1) is 15.3. The zero-order valence-corrected chi connectivity index (χ0v) is 11.9. The first-order valence-corrected chi connectivity index (χ1v) is 6.10. The van der Waals surface area contributed by atoms with Crippen LogP contribution in [0, 0.1) is 0 Å². The summed E-state index contributed by atoms with van der Waals surface area (Å²) in [6.07, 6.45) is 0.300. The van der Waals surface area contributed by atoms with Crippen molar-refractivity contribution in [3.8, 4) is 11.5 Å². The maximum Gasteiger partial charge on any atom is 0.224 e. The van der Waals surface area contributed by atoms with Crippen molar-refractivity contribution in [2.24, 2.45) is 0 Å². The number of carbonyl (C=O) groups is 1. The highest BCUT2D eigenvalue weighted by Gasteiger charge is 2.10. The van der Waals surface area contributed by atoms with E-state index in [9.17, 15) is 4.79 Å². The summed E-state index contributed by atoms with van der Waals surface area (Å²) < 4.78 is 15.3. The minimum atomic E-state index is -0.0447. The van der Waals surface area contributed by atoms with Gasteiger partial charge in [-0.1, -0.05) is 6.07 Å². The van der Waals surface area contributed by atoms with Gasteiger partial charge < -0.3 is 19.5 Å². The molecule has 0 saturated heterocycles. The Morgan fingerprint density at radius 1 is 1.21 bits per heavy atom. The number of hydrogen-bond acceptors (Lipinski definition) is 4. The molecule has 0 heterocycles. The van der Waals surface area contributed by atoms with Crippen molar-refractivity contribution >= 4 is 5.91 Å². The summed E-state index contributed by atoms with van der Waals surface area (Å²) in [6.45, 7) is 2.40. The van der Waals surface area contributed by atoms with Crippen LogP contribution in [-0.2, 0) is 16.0 Å². The molecule has 0 aliphatic rings. The number of rotatable bonds is 7. The molecule has 0 bridgehead atoms. The van der Waals surface area contributed by atoms with E-state index in [1.807, 2.05) is 13.0 Å². The molecule has 1 aromatic carbocycles. The van der Waals surface area contributed by atoms with Crippen LogP contribution in [0.5, 0.6) is 11.5 Å². The molecule has 5 nitrogen and oxygen atoms in total. The molecule has 0 radical (unpaired) electrons. The van der Waals surface area contributed by atoms with Crippen LogP contribution in [0.4, 0.5) is 0 Å². The Hall–Kier alpha value is -1.75. The van der Waals surface area contributed by atoms with Crippen molar-refractivity contribution in [1.82, 2.24) is 5.32 Å². The van der Waals surface area contributed by atoms with E-state index in [0.717, 1.165) is 5.56 Å². The zero-order valence-electron chi connectivity index (χ0n) is 11.9. The van der Waals surface area contributed by atoms with Crippen molar-refractivity contribution in [2.45, 2.75) is 19.4 Å². The number of benzene rings is 1. The van der Waals surface area contributed by atoms with Gasteiger partial charge in [0, 0.05) is 13.2 Å². The summed E-state index contributed by atoms with van der Waals surface area (Å²) in [4.78, 5) is 11.8. The van der Waals surface area contributed by atoms with Crippen LogP contribution in [0.2, 0.25) is 0 Å². The van der Waals surface area contributed by atoms with Gasteiger partial charge in [0.15, 0.2) is 11.5 Å². The van der Waals surface area contributed by atoms with Crippen LogP contribution in [0.15, 0.2) is 18.2 Å². The highest BCUT2D eigenvalue weighted by atomic mass is 16.5. The fourth-order valence-corrected chi connectivity index (χ4v) is 1.79. The first-order chi connectivity index (χ1) is 9.10. The summed E-state index contributed by atoms with van der Waals surface area (Å²) in [5.41, 5.74) is 0.875. The molecular formula is C14H21NO4. The van der Waals surface area contributed by atoms with Gasteiger partial charge in [0.1, 0.15) is 0 Å². The fourth-order valence-electron chi connectivity index (χ4n) is 1.79. The van der Waals surface area contributed by atoms with Crippen molar-refractivity contribution in [2.75, 3.05) is 27.9 Å². The maximum atomic E-state index is 11.8. The Morgan fingerprint density at radius 2 is 1.89 bits per heavy atom. The molecule has 0 aromatic heterocycles. The first-order valence-electron chi connectivity index (χ1n) is 6.10. The van der Waals surface area contributed by atoms with E-state index in [0.29, 0.717) is 24.5 Å². The van der Waals surface area contributed by atoms with Gasteiger partial charge in [0.2, 0.25) is 5.91 Å². The molecule has 1 aromatic rings. The number of amides is 1. The monoisotopic (exact) mass is 267 g/mol. The van der Waals surface area contributed by atoms with E-state index >= 15 is 0 Å². The predicted octanol–water partition coefficient (Wildman–Crippen LogP) is 1.40. The molecule has 1 rings (SSSR count). The van der Waals surface area contributed by atoms with Crippen molar-refractivity contribution in [1.29, 1.82) is 0 Å². The van der Waals surface area contributed by atoms with Gasteiger partial charge in [-0.25, -0.2) is 0 Å². The molecule has 5 heteroatoms. The topological polar surface area (TPSA) is 56.8 Å². The fraction of sp³-hybridized carbons (Fsp3) is 0.500. The average molecular weight is 267 g/mol. The summed E-state index contributed by atoms with van der Waals surface area (Å²) in [5.74, 6) is 1.23. The van der Waals surface area contributed by atoms with E-state index in [1.54, 1.807) is 33.5 Å². The van der Waals surface area contributed by atoms with Gasteiger partial charge in [-0.2, -0.15) is 0 Å². The number of carbonyl (C=O) groups excluding carboxylic acids is 1. The number of ether oxygens (including phenoxy) is 3. The lowest BCUT2D eigenvalue weighted by Gasteiger charge is -2.13. The summed E-state index contributed by atoms with van der Waals surface area (Å²) in [7, 11) is 4.76. The number of hydrogen-bond donors (Lipinski definition) is 1. The molecule has 1 N–H and O–H groups in total. The van der Waals surface area contributed by atoms with Crippen LogP contribution in [0.25, 0.3) is 0 Å². The molecule has 0 fully saturated rings. The molecule has 1 amide bonds. The second-order valence-electron chi connectivity index (χ2n) is 4.29. The number of nitrogens with one attached hydrogen (secondary N) is 1. The molecule has 0 spiro atoms. The molecule has 1 atom stereocenters. The van der Waals surface area contributed by atoms with E-state index in [-0.39, 0.29) is 11.9 Å². The quantitative estimate of drug-likeness (QED) is 0.811. The van der Waals surface area contributed by atoms with E-state index in [2.05, 4.69) is 5.32 Å². The Balaban J connectivity index is 2.64. The lowest BCUT2D eigenvalue weighted by molar-refractivity contribution is -0.121. The second kappa shape index (κ2) is 7.63. The zero-order chi connectivity index (χ0) is 14.3. The van der Waals surface area contributed by atoms with E-state index < -0.39 is 0 Å². The maximum absolute atomic E-state index is 11.8. The highest BCUT2D eigenvalue weighted by molar-refractivity contribution is 5.79. The Labute approximate surface area is 113 Å². The molecule has 0 aliphatic heterocycles. The van der Waals surface area contributed by atoms with Crippen molar-refractivity contribution in [3.05, 3.63) is 23.8 Å². The minimum absolute atomic E-state index is 0.00218. The Morgan fingerprint density at radius 3 is 2.47 bits per heavy atom. The lowest BCUT2D eigenvalue weighted by Crippen LogP contribution is -2.36. The Kier molecular flexibility index (Phi) is 6.15. The van der Waals surface area contributed by atoms with E-state index in [4.69, 9.17) is 14.2 Å². The van der Waals surface area contributed by atoms with Crippen LogP contribution in [0.1, 0.15) is 12.5 Å². The van der Waals surface area contributed by atoms with E-state index in [1.165, 1.54) is 0 Å². The van der Waals surface area contributed by atoms with Gasteiger partial charge in [0.05, 0.1) is 27.2 Å². The predicted molar refractivity (Wildman–Crippen MR) is 72.7 cm³/mol. The molecule has 0 saturated carbocycles. The number of methoxy groups -OCH3 is 3. The van der Waals surface area contributed by atoms with Gasteiger partial charge >= 0.3 is 0 Å². The third-order valence-electron chi connectivity index (χ3n) is 2.64. The molecule has 0 unspecified atom stereocenters. The van der Waals surface area contributed by atoms with Crippen LogP contribution in [-0.4, -0.2) is 39.9 Å². The van der Waals surface area contributed by atoms with Crippen molar-refractivity contribution < 1.29 is 19.0 Å². The molecule has 106 valence electrons. The third kappa shape index (κ3) is 4.79. The SMILES string of the molecule is COC[C@H](C)NC(=O)Cc1ccc(OC)c(OC)c1. The van der Waals surface area contributed by atoms with Gasteiger partial charge in [-0.15, -0.1) is 0 Å². The third-order valence-corrected chi connectivity index (χ3v) is 2.64. The van der Waals surface area contributed by atoms with Gasteiger partial charge in [0.25, 0.3) is 0 Å². The van der Waals surface area contributed by atoms with Gasteiger partial charge in [-0.3, -0.25) is 4.79 Å². The standard InChI is InChI=1S/C14H21NO4/c1-10(9-17-2)15-14(16)8-11-5-6-12(18-3)13(7-11)19-4/h5-7,10H,8-9H2,1-4H3,(H,15,16)/t10-/m0/s1. The average Bonchev–Trinajstić information content (AvgIpc) is 2.38. The summed E-state index contributed by atoms with van der Waals surface area (Å²) in [6, 6.07) is 5.44. The van der Waals surface area contributed by atoms with Gasteiger partial charge in [-0.05, 0) is 24.6 Å². The largest absolute Gasteiger partial charge is 0.493 e. The smallest absolute Gasteiger partial charge is 0.224 e. The minimum Gasteiger partial charge on any atom is -0.493 e. The van der Waals surface area contributed by atoms with Crippen LogP contribution < -0.4 is 14.8 Å². The normalized spacial score (nSPS) is 11.8. The summed E-state index contributed by atoms with van der Waals surface area (Å²) in [5, 5.41) is 2.86. The van der Waals surface area contributed by atoms with Crippen molar-refractivity contribution in [3.63, 3.8) is 0 Å². The second-order valence-corrected chi connectivity index (χ2v) is 4.29. The highest BCUT2D eigenvalue weighted by Crippen LogP contribution is 2.27. The van der Waals surface area contributed by atoms with Crippen LogP contribution >= 0.6 is 0 Å². The van der Waals surface area contributed by atoms with Crippen LogP contribution in [0.3, 0.4) is 0 Å². The Bertz CT molecular complexity index is 420. The molecule has 0 aliphatic carbocycles. The lowest BCUT2D eigenvalue weighted by atomic mass is 10.1. The molecule has 19 heavy (non-hydrogen) atoms. The molecular weight excluding hydrogens is 246 g/mol.